The van der Waals surface area contributed by atoms with E-state index in [1.165, 1.54) is 16.7 Å². The van der Waals surface area contributed by atoms with Crippen LogP contribution in [0.25, 0.3) is 0 Å². The highest BCUT2D eigenvalue weighted by molar-refractivity contribution is 7.99. The van der Waals surface area contributed by atoms with Crippen molar-refractivity contribution in [2.75, 3.05) is 24.2 Å². The van der Waals surface area contributed by atoms with E-state index in [0.29, 0.717) is 5.25 Å². The second-order valence-corrected chi connectivity index (χ2v) is 7.60. The first kappa shape index (κ1) is 16.9. The molecular weight excluding hydrogens is 316 g/mol. The van der Waals surface area contributed by atoms with Crippen molar-refractivity contribution < 1.29 is 4.79 Å². The number of nitrogens with one attached hydrogen (secondary N) is 1. The average Bonchev–Trinajstić information content (AvgIpc) is 2.83. The molecule has 1 aliphatic heterocycles. The minimum Gasteiger partial charge on any atom is -0.324 e. The van der Waals surface area contributed by atoms with Gasteiger partial charge in [-0.25, -0.2) is 4.79 Å². The topological polar surface area (TPSA) is 32.3 Å². The Labute approximate surface area is 148 Å². The Morgan fingerprint density at radius 3 is 2.58 bits per heavy atom. The molecule has 1 saturated heterocycles. The predicted octanol–water partition coefficient (Wildman–Crippen LogP) is 5.02. The van der Waals surface area contributed by atoms with Crippen molar-refractivity contribution >= 4 is 23.5 Å². The van der Waals surface area contributed by atoms with Gasteiger partial charge in [0.25, 0.3) is 0 Å². The van der Waals surface area contributed by atoms with Gasteiger partial charge >= 0.3 is 6.03 Å². The summed E-state index contributed by atoms with van der Waals surface area (Å²) in [4.78, 5) is 14.5. The Morgan fingerprint density at radius 2 is 1.83 bits per heavy atom. The fourth-order valence-corrected chi connectivity index (χ4v) is 4.34. The fraction of sp³-hybridized carbons (Fsp3) is 0.350. The van der Waals surface area contributed by atoms with Crippen LogP contribution in [-0.4, -0.2) is 29.8 Å². The Balaban J connectivity index is 1.61. The summed E-state index contributed by atoms with van der Waals surface area (Å²) in [6.45, 7) is 5.81. The highest BCUT2D eigenvalue weighted by atomic mass is 32.2. The molecule has 0 aliphatic carbocycles. The highest BCUT2D eigenvalue weighted by Crippen LogP contribution is 2.35. The van der Waals surface area contributed by atoms with Crippen LogP contribution < -0.4 is 5.32 Å². The van der Waals surface area contributed by atoms with Gasteiger partial charge in [0.2, 0.25) is 0 Å². The lowest BCUT2D eigenvalue weighted by atomic mass is 10.0. The van der Waals surface area contributed by atoms with Gasteiger partial charge in [0.15, 0.2) is 0 Å². The van der Waals surface area contributed by atoms with E-state index < -0.39 is 0 Å². The molecule has 1 fully saturated rings. The van der Waals surface area contributed by atoms with E-state index in [4.69, 9.17) is 0 Å². The number of nitrogens with zero attached hydrogens (tertiary/aromatic N) is 1. The molecule has 2 amide bonds. The fourth-order valence-electron chi connectivity index (χ4n) is 3.01. The second-order valence-electron chi connectivity index (χ2n) is 6.29. The van der Waals surface area contributed by atoms with Gasteiger partial charge in [0.1, 0.15) is 0 Å². The van der Waals surface area contributed by atoms with Gasteiger partial charge in [-0.05, 0) is 43.5 Å². The van der Waals surface area contributed by atoms with E-state index in [1.54, 1.807) is 0 Å². The van der Waals surface area contributed by atoms with Crippen molar-refractivity contribution in [3.8, 4) is 0 Å². The lowest BCUT2D eigenvalue weighted by Crippen LogP contribution is -2.36. The molecule has 2 aromatic carbocycles. The molecule has 1 unspecified atom stereocenters. The Kier molecular flexibility index (Phi) is 5.46. The summed E-state index contributed by atoms with van der Waals surface area (Å²) in [6.07, 6.45) is 0.997. The van der Waals surface area contributed by atoms with E-state index in [-0.39, 0.29) is 6.03 Å². The van der Waals surface area contributed by atoms with Gasteiger partial charge < -0.3 is 10.2 Å². The maximum absolute atomic E-state index is 12.5. The summed E-state index contributed by atoms with van der Waals surface area (Å²) in [5.41, 5.74) is 4.80. The monoisotopic (exact) mass is 340 g/mol. The number of carbonyl (C=O) groups is 1. The number of rotatable bonds is 2. The summed E-state index contributed by atoms with van der Waals surface area (Å²) < 4.78 is 0. The third-order valence-corrected chi connectivity index (χ3v) is 5.78. The molecule has 3 nitrogen and oxygen atoms in total. The Bertz CT molecular complexity index is 699. The third-order valence-electron chi connectivity index (χ3n) is 4.47. The van der Waals surface area contributed by atoms with Crippen LogP contribution in [0.4, 0.5) is 10.5 Å². The smallest absolute Gasteiger partial charge is 0.321 e. The van der Waals surface area contributed by atoms with Crippen LogP contribution in [0.5, 0.6) is 0 Å². The Morgan fingerprint density at radius 1 is 1.08 bits per heavy atom. The van der Waals surface area contributed by atoms with Crippen LogP contribution in [0.15, 0.2) is 48.5 Å². The standard InChI is InChI=1S/C20H24N2OS/c1-15-7-9-17(10-8-15)21-20(23)22-12-11-19(24-14-13-22)18-6-4-3-5-16(18)2/h3-10,19H,11-14H2,1-2H3,(H,21,23). The molecule has 1 aliphatic rings. The third kappa shape index (κ3) is 4.12. The minimum atomic E-state index is 0.00452. The number of aryl methyl sites for hydroxylation is 2. The summed E-state index contributed by atoms with van der Waals surface area (Å²) in [6, 6.07) is 16.5. The first-order chi connectivity index (χ1) is 11.6. The first-order valence-corrected chi connectivity index (χ1v) is 9.48. The van der Waals surface area contributed by atoms with Crippen molar-refractivity contribution in [3.63, 3.8) is 0 Å². The largest absolute Gasteiger partial charge is 0.324 e. The molecule has 3 rings (SSSR count). The number of thioether (sulfide) groups is 1. The van der Waals surface area contributed by atoms with E-state index in [1.807, 2.05) is 47.9 Å². The quantitative estimate of drug-likeness (QED) is 0.833. The first-order valence-electron chi connectivity index (χ1n) is 8.43. The molecule has 0 radical (unpaired) electrons. The predicted molar refractivity (Wildman–Crippen MR) is 103 cm³/mol. The van der Waals surface area contributed by atoms with Crippen LogP contribution in [-0.2, 0) is 0 Å². The van der Waals surface area contributed by atoms with Gasteiger partial charge in [-0.2, -0.15) is 11.8 Å². The normalized spacial score (nSPS) is 18.1. The second kappa shape index (κ2) is 7.75. The average molecular weight is 340 g/mol. The molecule has 0 bridgehead atoms. The minimum absolute atomic E-state index is 0.00452. The van der Waals surface area contributed by atoms with Crippen molar-refractivity contribution in [2.24, 2.45) is 0 Å². The number of carbonyl (C=O) groups excluding carboxylic acids is 1. The van der Waals surface area contributed by atoms with Crippen molar-refractivity contribution in [2.45, 2.75) is 25.5 Å². The molecule has 0 saturated carbocycles. The van der Waals surface area contributed by atoms with E-state index in [2.05, 4.69) is 36.5 Å². The number of hydrogen-bond acceptors (Lipinski definition) is 2. The summed E-state index contributed by atoms with van der Waals surface area (Å²) in [5, 5.41) is 3.49. The van der Waals surface area contributed by atoms with Crippen molar-refractivity contribution in [1.82, 2.24) is 4.90 Å². The van der Waals surface area contributed by atoms with E-state index in [9.17, 15) is 4.79 Å². The number of hydrogen-bond donors (Lipinski definition) is 1. The molecule has 24 heavy (non-hydrogen) atoms. The maximum atomic E-state index is 12.5. The molecule has 126 valence electrons. The molecule has 1 N–H and O–H groups in total. The van der Waals surface area contributed by atoms with Gasteiger partial charge in [0, 0.05) is 29.8 Å². The van der Waals surface area contributed by atoms with Crippen LogP contribution in [0.3, 0.4) is 0 Å². The van der Waals surface area contributed by atoms with Crippen molar-refractivity contribution in [3.05, 3.63) is 65.2 Å². The van der Waals surface area contributed by atoms with Crippen LogP contribution in [0, 0.1) is 13.8 Å². The molecule has 0 spiro atoms. The van der Waals surface area contributed by atoms with Crippen molar-refractivity contribution in [1.29, 1.82) is 0 Å². The molecule has 4 heteroatoms. The van der Waals surface area contributed by atoms with Gasteiger partial charge in [-0.1, -0.05) is 42.0 Å². The maximum Gasteiger partial charge on any atom is 0.321 e. The SMILES string of the molecule is Cc1ccc(NC(=O)N2CCSC(c3ccccc3C)CC2)cc1. The van der Waals surface area contributed by atoms with E-state index >= 15 is 0 Å². The van der Waals surface area contributed by atoms with Crippen LogP contribution in [0.1, 0.15) is 28.4 Å². The lowest BCUT2D eigenvalue weighted by Gasteiger charge is -2.21. The zero-order valence-electron chi connectivity index (χ0n) is 14.3. The van der Waals surface area contributed by atoms with E-state index in [0.717, 1.165) is 31.0 Å². The number of benzene rings is 2. The summed E-state index contributed by atoms with van der Waals surface area (Å²) in [5.74, 6) is 0.973. The molecule has 2 aromatic rings. The summed E-state index contributed by atoms with van der Waals surface area (Å²) in [7, 11) is 0. The number of anilines is 1. The van der Waals surface area contributed by atoms with Crippen LogP contribution >= 0.6 is 11.8 Å². The zero-order valence-corrected chi connectivity index (χ0v) is 15.1. The number of urea groups is 1. The van der Waals surface area contributed by atoms with Gasteiger partial charge in [-0.15, -0.1) is 0 Å². The van der Waals surface area contributed by atoms with Gasteiger partial charge in [-0.3, -0.25) is 0 Å². The molecule has 1 heterocycles. The number of amides is 2. The summed E-state index contributed by atoms with van der Waals surface area (Å²) >= 11 is 1.96. The van der Waals surface area contributed by atoms with Crippen LogP contribution in [0.2, 0.25) is 0 Å². The highest BCUT2D eigenvalue weighted by Gasteiger charge is 2.22. The molecule has 1 atom stereocenters. The lowest BCUT2D eigenvalue weighted by molar-refractivity contribution is 0.215. The zero-order chi connectivity index (χ0) is 16.9. The van der Waals surface area contributed by atoms with Gasteiger partial charge in [0.05, 0.1) is 0 Å². The molecular formula is C20H24N2OS. The molecule has 0 aromatic heterocycles. The Hall–Kier alpha value is -1.94.